The number of alkyl halides is 2. The third-order valence-electron chi connectivity index (χ3n) is 4.06. The molecule has 4 N–H and O–H groups in total. The van der Waals surface area contributed by atoms with Crippen LogP contribution >= 0.6 is 24.0 Å². The molecule has 0 amide bonds. The molecule has 2 aromatic carbocycles. The maximum atomic E-state index is 12.6. The molecule has 0 radical (unpaired) electrons. The van der Waals surface area contributed by atoms with Crippen LogP contribution in [0, 0.1) is 6.92 Å². The van der Waals surface area contributed by atoms with Gasteiger partial charge in [-0.15, -0.1) is 24.0 Å². The highest BCUT2D eigenvalue weighted by molar-refractivity contribution is 14.0. The minimum absolute atomic E-state index is 0. The van der Waals surface area contributed by atoms with Crippen molar-refractivity contribution in [1.82, 2.24) is 10.6 Å². The maximum absolute atomic E-state index is 12.6. The van der Waals surface area contributed by atoms with Gasteiger partial charge in [-0.3, -0.25) is 4.99 Å². The van der Waals surface area contributed by atoms with Crippen LogP contribution in [0.1, 0.15) is 16.7 Å². The monoisotopic (exact) mass is 554 g/mol. The van der Waals surface area contributed by atoms with Crippen molar-refractivity contribution >= 4 is 40.0 Å². The number of nitrogens with two attached hydrogens (primary N) is 1. The molecular weight excluding hydrogens is 529 g/mol. The third-order valence-corrected chi connectivity index (χ3v) is 4.99. The van der Waals surface area contributed by atoms with E-state index in [1.165, 1.54) is 18.2 Å². The molecule has 0 aliphatic carbocycles. The summed E-state index contributed by atoms with van der Waals surface area (Å²) < 4.78 is 52.2. The van der Waals surface area contributed by atoms with E-state index in [4.69, 9.17) is 5.14 Å². The number of aryl methyl sites for hydroxylation is 1. The minimum atomic E-state index is -3.71. The summed E-state index contributed by atoms with van der Waals surface area (Å²) in [4.78, 5) is 4.17. The second-order valence-corrected chi connectivity index (χ2v) is 7.84. The molecule has 0 aliphatic heterocycles. The highest BCUT2D eigenvalue weighted by Crippen LogP contribution is 2.22. The molecule has 0 atom stereocenters. The molecule has 2 rings (SSSR count). The fourth-order valence-electron chi connectivity index (χ4n) is 2.63. The number of primary sulfonamides is 1. The van der Waals surface area contributed by atoms with Crippen LogP contribution in [0.4, 0.5) is 8.78 Å². The fraction of sp³-hybridized carbons (Fsp3) is 0.316. The number of halogens is 3. The number of nitrogens with one attached hydrogen (secondary N) is 2. The van der Waals surface area contributed by atoms with Gasteiger partial charge in [0.05, 0.1) is 4.90 Å². The third kappa shape index (κ3) is 8.40. The average Bonchev–Trinajstić information content (AvgIpc) is 2.65. The van der Waals surface area contributed by atoms with Gasteiger partial charge in [0.1, 0.15) is 5.75 Å². The lowest BCUT2D eigenvalue weighted by atomic mass is 10.1. The molecule has 0 bridgehead atoms. The number of aliphatic imine (C=N–C) groups is 1. The van der Waals surface area contributed by atoms with Crippen LogP contribution < -0.4 is 20.5 Å². The molecule has 11 heteroatoms. The summed E-state index contributed by atoms with van der Waals surface area (Å²) >= 11 is 0. The van der Waals surface area contributed by atoms with Crippen molar-refractivity contribution in [2.24, 2.45) is 10.1 Å². The fourth-order valence-corrected chi connectivity index (χ4v) is 3.14. The number of sulfonamides is 1. The minimum Gasteiger partial charge on any atom is -0.434 e. The number of hydrogen-bond acceptors (Lipinski definition) is 4. The zero-order chi connectivity index (χ0) is 21.4. The molecule has 166 valence electrons. The van der Waals surface area contributed by atoms with E-state index in [2.05, 4.69) is 20.4 Å². The Bertz CT molecular complexity index is 955. The second-order valence-electron chi connectivity index (χ2n) is 6.28. The number of guanidine groups is 1. The topological polar surface area (TPSA) is 106 Å². The van der Waals surface area contributed by atoms with Crippen LogP contribution in [0.25, 0.3) is 0 Å². The number of ether oxygens (including phenoxy) is 1. The summed E-state index contributed by atoms with van der Waals surface area (Å²) in [6.45, 7) is -0.242. The quantitative estimate of drug-likeness (QED) is 0.265. The summed E-state index contributed by atoms with van der Waals surface area (Å²) in [5, 5.41) is 11.3. The Balaban J connectivity index is 0.00000450. The predicted molar refractivity (Wildman–Crippen MR) is 123 cm³/mol. The molecule has 0 spiro atoms. The largest absolute Gasteiger partial charge is 0.434 e. The van der Waals surface area contributed by atoms with E-state index < -0.39 is 16.6 Å². The summed E-state index contributed by atoms with van der Waals surface area (Å²) in [6.07, 6.45) is 0.621. The van der Waals surface area contributed by atoms with Gasteiger partial charge in [0.2, 0.25) is 10.0 Å². The molecule has 0 unspecified atom stereocenters. The van der Waals surface area contributed by atoms with Gasteiger partial charge in [-0.2, -0.15) is 8.78 Å². The molecule has 0 aromatic heterocycles. The van der Waals surface area contributed by atoms with Crippen molar-refractivity contribution in [2.75, 3.05) is 13.6 Å². The van der Waals surface area contributed by atoms with Gasteiger partial charge >= 0.3 is 6.61 Å². The van der Waals surface area contributed by atoms with E-state index in [1.807, 2.05) is 6.92 Å². The summed E-state index contributed by atoms with van der Waals surface area (Å²) in [6, 6.07) is 11.3. The molecular formula is C19H25F2IN4O3S. The van der Waals surface area contributed by atoms with Gasteiger partial charge in [0.15, 0.2) is 5.96 Å². The number of hydrogen-bond donors (Lipinski definition) is 3. The van der Waals surface area contributed by atoms with E-state index >= 15 is 0 Å². The smallest absolute Gasteiger partial charge is 0.387 e. The first-order chi connectivity index (χ1) is 13.7. The van der Waals surface area contributed by atoms with Crippen LogP contribution in [0.15, 0.2) is 52.4 Å². The highest BCUT2D eigenvalue weighted by atomic mass is 127. The van der Waals surface area contributed by atoms with Crippen LogP contribution in [0.2, 0.25) is 0 Å². The van der Waals surface area contributed by atoms with Gasteiger partial charge in [-0.1, -0.05) is 29.8 Å². The molecule has 0 fully saturated rings. The Morgan fingerprint density at radius 1 is 1.17 bits per heavy atom. The first kappa shape index (κ1) is 26.0. The van der Waals surface area contributed by atoms with Gasteiger partial charge in [0.25, 0.3) is 0 Å². The standard InChI is InChI=1S/C19H24F2N4O3S.HI/c1-13-3-8-17(28-18(20)21)15(11-13)12-25-19(23-2)24-10-9-14-4-6-16(7-5-14)29(22,26)27;/h3-8,11,18H,9-10,12H2,1-2H3,(H2,22,26,27)(H2,23,24,25);1H. The first-order valence-electron chi connectivity index (χ1n) is 8.79. The zero-order valence-electron chi connectivity index (χ0n) is 16.6. The van der Waals surface area contributed by atoms with Gasteiger partial charge in [-0.05, 0) is 37.1 Å². The molecule has 2 aromatic rings. The van der Waals surface area contributed by atoms with Crippen molar-refractivity contribution in [1.29, 1.82) is 0 Å². The van der Waals surface area contributed by atoms with E-state index in [-0.39, 0.29) is 41.2 Å². The normalized spacial score (nSPS) is 11.7. The van der Waals surface area contributed by atoms with E-state index in [0.717, 1.165) is 11.1 Å². The number of rotatable bonds is 8. The number of nitrogens with zero attached hydrogens (tertiary/aromatic N) is 1. The van der Waals surface area contributed by atoms with Crippen molar-refractivity contribution in [3.63, 3.8) is 0 Å². The van der Waals surface area contributed by atoms with Crippen LogP contribution in [0.5, 0.6) is 5.75 Å². The summed E-state index contributed by atoms with van der Waals surface area (Å²) in [5.41, 5.74) is 2.44. The van der Waals surface area contributed by atoms with Gasteiger partial charge in [-0.25, -0.2) is 13.6 Å². The molecule has 7 nitrogen and oxygen atoms in total. The Hall–Kier alpha value is -1.99. The summed E-state index contributed by atoms with van der Waals surface area (Å²) in [7, 11) is -2.11. The predicted octanol–water partition coefficient (Wildman–Crippen LogP) is 2.77. The molecule has 0 saturated heterocycles. The zero-order valence-corrected chi connectivity index (χ0v) is 19.7. The maximum Gasteiger partial charge on any atom is 0.387 e. The number of benzene rings is 2. The molecule has 0 heterocycles. The van der Waals surface area contributed by atoms with E-state index in [9.17, 15) is 17.2 Å². The molecule has 0 saturated carbocycles. The lowest BCUT2D eigenvalue weighted by molar-refractivity contribution is -0.0504. The Morgan fingerprint density at radius 3 is 2.40 bits per heavy atom. The lowest BCUT2D eigenvalue weighted by Gasteiger charge is -2.15. The van der Waals surface area contributed by atoms with Gasteiger partial charge in [0, 0.05) is 25.7 Å². The van der Waals surface area contributed by atoms with E-state index in [0.29, 0.717) is 24.5 Å². The lowest BCUT2D eigenvalue weighted by Crippen LogP contribution is -2.38. The van der Waals surface area contributed by atoms with Crippen LogP contribution in [-0.2, 0) is 23.0 Å². The Labute approximate surface area is 192 Å². The van der Waals surface area contributed by atoms with E-state index in [1.54, 1.807) is 31.3 Å². The van der Waals surface area contributed by atoms with Crippen LogP contribution in [0.3, 0.4) is 0 Å². The molecule has 30 heavy (non-hydrogen) atoms. The molecule has 0 aliphatic rings. The van der Waals surface area contributed by atoms with Crippen molar-refractivity contribution in [2.45, 2.75) is 31.4 Å². The van der Waals surface area contributed by atoms with Crippen molar-refractivity contribution in [3.05, 3.63) is 59.2 Å². The average molecular weight is 554 g/mol. The van der Waals surface area contributed by atoms with Crippen molar-refractivity contribution < 1.29 is 21.9 Å². The first-order valence-corrected chi connectivity index (χ1v) is 10.3. The second kappa shape index (κ2) is 12.0. The summed E-state index contributed by atoms with van der Waals surface area (Å²) in [5.74, 6) is 0.610. The van der Waals surface area contributed by atoms with Crippen LogP contribution in [-0.4, -0.2) is 34.6 Å². The highest BCUT2D eigenvalue weighted by Gasteiger charge is 2.11. The van der Waals surface area contributed by atoms with Crippen molar-refractivity contribution in [3.8, 4) is 5.75 Å². The van der Waals surface area contributed by atoms with Gasteiger partial charge < -0.3 is 15.4 Å². The Morgan fingerprint density at radius 2 is 1.83 bits per heavy atom. The Kier molecular flexibility index (Phi) is 10.4. The SMILES string of the molecule is CN=C(NCCc1ccc(S(N)(=O)=O)cc1)NCc1cc(C)ccc1OC(F)F.I.